The summed E-state index contributed by atoms with van der Waals surface area (Å²) in [5.41, 5.74) is 1.13. The van der Waals surface area contributed by atoms with Crippen molar-refractivity contribution in [2.45, 2.75) is 38.7 Å². The molecule has 1 saturated heterocycles. The number of likely N-dealkylation sites (tertiary alicyclic amines) is 1. The number of carbonyl (C=O) groups excluding carboxylic acids is 2. The van der Waals surface area contributed by atoms with Crippen LogP contribution in [0.3, 0.4) is 0 Å². The molecule has 3 rings (SSSR count). The number of nitrogens with one attached hydrogen (secondary N) is 1. The maximum atomic E-state index is 12.7. The van der Waals surface area contributed by atoms with Gasteiger partial charge in [-0.05, 0) is 44.0 Å². The molecular weight excluding hydrogens is 340 g/mol. The van der Waals surface area contributed by atoms with Crippen LogP contribution in [0.5, 0.6) is 5.75 Å². The van der Waals surface area contributed by atoms with Crippen molar-refractivity contribution in [3.63, 3.8) is 0 Å². The van der Waals surface area contributed by atoms with Crippen LogP contribution in [-0.4, -0.2) is 35.9 Å². The Morgan fingerprint density at radius 3 is 2.26 bits per heavy atom. The highest BCUT2D eigenvalue weighted by Gasteiger charge is 2.24. The average molecular weight is 366 g/mol. The van der Waals surface area contributed by atoms with Gasteiger partial charge in [0.05, 0.1) is 5.56 Å². The molecule has 27 heavy (non-hydrogen) atoms. The highest BCUT2D eigenvalue weighted by Crippen LogP contribution is 2.22. The third-order valence-corrected chi connectivity index (χ3v) is 4.73. The van der Waals surface area contributed by atoms with Crippen LogP contribution in [-0.2, 0) is 4.79 Å². The summed E-state index contributed by atoms with van der Waals surface area (Å²) in [6.07, 6.45) is 3.78. The Morgan fingerprint density at radius 2 is 1.56 bits per heavy atom. The highest BCUT2D eigenvalue weighted by atomic mass is 16.5. The topological polar surface area (TPSA) is 58.6 Å². The molecule has 0 unspecified atom stereocenters. The quantitative estimate of drug-likeness (QED) is 0.866. The zero-order valence-electron chi connectivity index (χ0n) is 15.7. The number of nitrogens with zero attached hydrogens (tertiary/aromatic N) is 1. The molecule has 0 aromatic heterocycles. The van der Waals surface area contributed by atoms with Gasteiger partial charge in [0, 0.05) is 18.8 Å². The fraction of sp³-hybridized carbons (Fsp3) is 0.364. The number of para-hydroxylation sites is 2. The van der Waals surface area contributed by atoms with E-state index in [2.05, 4.69) is 5.32 Å². The molecule has 0 aliphatic carbocycles. The van der Waals surface area contributed by atoms with Crippen molar-refractivity contribution in [1.29, 1.82) is 0 Å². The van der Waals surface area contributed by atoms with Gasteiger partial charge in [0.25, 0.3) is 11.8 Å². The first-order valence-corrected chi connectivity index (χ1v) is 9.56. The minimum Gasteiger partial charge on any atom is -0.480 e. The Bertz CT molecular complexity index is 768. The summed E-state index contributed by atoms with van der Waals surface area (Å²) < 4.78 is 5.91. The molecule has 5 nitrogen and oxygen atoms in total. The lowest BCUT2D eigenvalue weighted by Gasteiger charge is -2.25. The zero-order valence-corrected chi connectivity index (χ0v) is 15.7. The molecule has 1 aliphatic rings. The Morgan fingerprint density at radius 1 is 0.926 bits per heavy atom. The SMILES string of the molecule is C[C@@H](Oc1ccccc1C(=O)Nc1ccccc1)C(=O)N1CCCCCC1. The number of carbonyl (C=O) groups is 2. The van der Waals surface area contributed by atoms with Crippen LogP contribution in [0.15, 0.2) is 54.6 Å². The van der Waals surface area contributed by atoms with Crippen molar-refractivity contribution in [2.24, 2.45) is 0 Å². The predicted octanol–water partition coefficient (Wildman–Crippen LogP) is 4.11. The highest BCUT2D eigenvalue weighted by molar-refractivity contribution is 6.06. The first kappa shape index (κ1) is 19.0. The Hall–Kier alpha value is -2.82. The fourth-order valence-corrected chi connectivity index (χ4v) is 3.27. The Kier molecular flexibility index (Phi) is 6.47. The van der Waals surface area contributed by atoms with Crippen molar-refractivity contribution >= 4 is 17.5 Å². The van der Waals surface area contributed by atoms with Gasteiger partial charge in [-0.2, -0.15) is 0 Å². The van der Waals surface area contributed by atoms with E-state index in [9.17, 15) is 9.59 Å². The third kappa shape index (κ3) is 5.09. The van der Waals surface area contributed by atoms with Gasteiger partial charge in [-0.3, -0.25) is 9.59 Å². The molecule has 142 valence electrons. The van der Waals surface area contributed by atoms with Crippen LogP contribution >= 0.6 is 0 Å². The summed E-state index contributed by atoms with van der Waals surface area (Å²) in [7, 11) is 0. The van der Waals surface area contributed by atoms with Crippen molar-refractivity contribution < 1.29 is 14.3 Å². The number of benzene rings is 2. The Labute approximate surface area is 160 Å². The molecule has 1 heterocycles. The molecule has 2 aromatic rings. The van der Waals surface area contributed by atoms with Crippen LogP contribution in [0.4, 0.5) is 5.69 Å². The smallest absolute Gasteiger partial charge is 0.263 e. The van der Waals surface area contributed by atoms with E-state index in [0.29, 0.717) is 17.0 Å². The number of anilines is 1. The van der Waals surface area contributed by atoms with Gasteiger partial charge in [0.1, 0.15) is 5.75 Å². The molecule has 1 atom stereocenters. The molecular formula is C22H26N2O3. The second-order valence-corrected chi connectivity index (χ2v) is 6.82. The lowest BCUT2D eigenvalue weighted by atomic mass is 10.1. The molecule has 1 N–H and O–H groups in total. The van der Waals surface area contributed by atoms with E-state index in [1.54, 1.807) is 31.2 Å². The first-order valence-electron chi connectivity index (χ1n) is 9.56. The van der Waals surface area contributed by atoms with Crippen LogP contribution in [0.1, 0.15) is 43.0 Å². The molecule has 2 aromatic carbocycles. The largest absolute Gasteiger partial charge is 0.480 e. The molecule has 5 heteroatoms. The zero-order chi connectivity index (χ0) is 19.1. The van der Waals surface area contributed by atoms with E-state index in [-0.39, 0.29) is 11.8 Å². The predicted molar refractivity (Wildman–Crippen MR) is 106 cm³/mol. The van der Waals surface area contributed by atoms with Gasteiger partial charge in [-0.15, -0.1) is 0 Å². The molecule has 0 spiro atoms. The summed E-state index contributed by atoms with van der Waals surface area (Å²) in [5, 5.41) is 2.86. The maximum absolute atomic E-state index is 12.7. The number of hydrogen-bond donors (Lipinski definition) is 1. The van der Waals surface area contributed by atoms with Crippen molar-refractivity contribution in [2.75, 3.05) is 18.4 Å². The number of amides is 2. The van der Waals surface area contributed by atoms with Gasteiger partial charge in [0.15, 0.2) is 6.10 Å². The van der Waals surface area contributed by atoms with Gasteiger partial charge in [0.2, 0.25) is 0 Å². The molecule has 2 amide bonds. The van der Waals surface area contributed by atoms with E-state index in [4.69, 9.17) is 4.74 Å². The third-order valence-electron chi connectivity index (χ3n) is 4.73. The molecule has 1 aliphatic heterocycles. The van der Waals surface area contributed by atoms with Gasteiger partial charge in [-0.1, -0.05) is 43.2 Å². The number of rotatable bonds is 5. The molecule has 0 saturated carbocycles. The summed E-state index contributed by atoms with van der Waals surface area (Å²) >= 11 is 0. The normalized spacial score (nSPS) is 15.5. The van der Waals surface area contributed by atoms with Gasteiger partial charge in [-0.25, -0.2) is 0 Å². The van der Waals surface area contributed by atoms with E-state index in [0.717, 1.165) is 25.9 Å². The first-order chi connectivity index (χ1) is 13.1. The summed E-state index contributed by atoms with van der Waals surface area (Å²) in [5.74, 6) is 0.142. The fourth-order valence-electron chi connectivity index (χ4n) is 3.27. The van der Waals surface area contributed by atoms with Crippen molar-refractivity contribution in [3.8, 4) is 5.75 Å². The maximum Gasteiger partial charge on any atom is 0.263 e. The number of hydrogen-bond acceptors (Lipinski definition) is 3. The van der Waals surface area contributed by atoms with Gasteiger partial charge >= 0.3 is 0 Å². The second kappa shape index (κ2) is 9.21. The minimum atomic E-state index is -0.631. The van der Waals surface area contributed by atoms with Gasteiger partial charge < -0.3 is 15.0 Å². The summed E-state index contributed by atoms with van der Waals surface area (Å²) in [6.45, 7) is 3.31. The molecule has 1 fully saturated rings. The van der Waals surface area contributed by atoms with E-state index in [1.807, 2.05) is 35.2 Å². The summed E-state index contributed by atoms with van der Waals surface area (Å²) in [4.78, 5) is 27.3. The van der Waals surface area contributed by atoms with Crippen LogP contribution < -0.4 is 10.1 Å². The molecule has 0 bridgehead atoms. The lowest BCUT2D eigenvalue weighted by molar-refractivity contribution is -0.137. The van der Waals surface area contributed by atoms with Crippen LogP contribution in [0.25, 0.3) is 0 Å². The molecule has 0 radical (unpaired) electrons. The minimum absolute atomic E-state index is 0.0184. The Balaban J connectivity index is 1.69. The van der Waals surface area contributed by atoms with Crippen LogP contribution in [0, 0.1) is 0 Å². The standard InChI is InChI=1S/C22H26N2O3/c1-17(22(26)24-15-9-2-3-10-16-24)27-20-14-8-7-13-19(20)21(25)23-18-11-5-4-6-12-18/h4-8,11-14,17H,2-3,9-10,15-16H2,1H3,(H,23,25)/t17-/m1/s1. The van der Waals surface area contributed by atoms with E-state index in [1.165, 1.54) is 12.8 Å². The second-order valence-electron chi connectivity index (χ2n) is 6.82. The average Bonchev–Trinajstić information content (AvgIpc) is 2.98. The number of ether oxygens (including phenoxy) is 1. The summed E-state index contributed by atoms with van der Waals surface area (Å²) in [6, 6.07) is 16.3. The van der Waals surface area contributed by atoms with Crippen LogP contribution in [0.2, 0.25) is 0 Å². The monoisotopic (exact) mass is 366 g/mol. The lowest BCUT2D eigenvalue weighted by Crippen LogP contribution is -2.41. The van der Waals surface area contributed by atoms with E-state index >= 15 is 0 Å². The van der Waals surface area contributed by atoms with E-state index < -0.39 is 6.10 Å². The van der Waals surface area contributed by atoms with Crippen molar-refractivity contribution in [3.05, 3.63) is 60.2 Å². The van der Waals surface area contributed by atoms with Crippen molar-refractivity contribution in [1.82, 2.24) is 4.90 Å².